The van der Waals surface area contributed by atoms with Crippen molar-refractivity contribution in [3.8, 4) is 35.2 Å². The van der Waals surface area contributed by atoms with E-state index in [-0.39, 0.29) is 36.8 Å². The number of fused-ring (bicyclic) bond motifs is 6. The molecule has 8 rings (SSSR count). The number of amides is 2. The van der Waals surface area contributed by atoms with Crippen LogP contribution in [-0.2, 0) is 51.2 Å². The van der Waals surface area contributed by atoms with Gasteiger partial charge in [0.1, 0.15) is 11.5 Å². The average molecular weight is 931 g/mol. The first kappa shape index (κ1) is 47.8. The number of ketones is 8. The normalized spacial score (nSPS) is 32.7. The zero-order valence-corrected chi connectivity index (χ0v) is 37.7. The minimum absolute atomic E-state index is 0.0697. The third-order valence-corrected chi connectivity index (χ3v) is 15.2. The molecule has 12 atom stereocenters. The smallest absolute Gasteiger partial charge is 0.235 e. The van der Waals surface area contributed by atoms with Crippen LogP contribution in [0.15, 0.2) is 24.3 Å². The van der Waals surface area contributed by atoms with Crippen molar-refractivity contribution in [2.45, 2.75) is 74.7 Å². The van der Waals surface area contributed by atoms with Gasteiger partial charge in [-0.1, -0.05) is 23.7 Å². The number of carbonyl (C=O) groups is 10. The summed E-state index contributed by atoms with van der Waals surface area (Å²) in [5.74, 6) is -10.6. The number of hydrogen-bond acceptors (Lipinski definition) is 16. The average Bonchev–Trinajstić information content (AvgIpc) is 3.25. The first-order valence-corrected chi connectivity index (χ1v) is 22.4. The van der Waals surface area contributed by atoms with Crippen molar-refractivity contribution in [1.29, 1.82) is 0 Å². The second kappa shape index (κ2) is 17.1. The molecule has 18 nitrogen and oxygen atoms in total. The Labute approximate surface area is 389 Å². The first-order valence-electron chi connectivity index (χ1n) is 22.4. The van der Waals surface area contributed by atoms with Gasteiger partial charge in [-0.3, -0.25) is 57.7 Å². The summed E-state index contributed by atoms with van der Waals surface area (Å²) < 4.78 is 0. The van der Waals surface area contributed by atoms with Crippen molar-refractivity contribution in [1.82, 2.24) is 9.80 Å². The molecule has 0 aliphatic heterocycles. The molecule has 6 aliphatic rings. The van der Waals surface area contributed by atoms with Crippen LogP contribution in [0.3, 0.4) is 0 Å². The molecule has 18 heteroatoms. The highest BCUT2D eigenvalue weighted by molar-refractivity contribution is 6.33. The van der Waals surface area contributed by atoms with Crippen LogP contribution in [-0.4, -0.2) is 140 Å². The number of hydrogen-bond donors (Lipinski definition) is 6. The van der Waals surface area contributed by atoms with Crippen molar-refractivity contribution in [3.05, 3.63) is 57.6 Å². The van der Waals surface area contributed by atoms with E-state index in [9.17, 15) is 68.4 Å². The molecule has 0 saturated heterocycles. The maximum Gasteiger partial charge on any atom is 0.235 e. The number of nitrogens with two attached hydrogens (primary N) is 2. The molecule has 4 unspecified atom stereocenters. The van der Waals surface area contributed by atoms with Crippen molar-refractivity contribution < 1.29 is 68.4 Å². The van der Waals surface area contributed by atoms with Gasteiger partial charge in [0.15, 0.2) is 69.3 Å². The Hall–Kier alpha value is -6.70. The lowest BCUT2D eigenvalue weighted by molar-refractivity contribution is -0.183. The van der Waals surface area contributed by atoms with E-state index in [2.05, 4.69) is 23.7 Å². The summed E-state index contributed by atoms with van der Waals surface area (Å²) in [5, 5.41) is 45.3. The summed E-state index contributed by atoms with van der Waals surface area (Å²) in [5.41, 5.74) is 6.46. The molecule has 2 aromatic carbocycles. The van der Waals surface area contributed by atoms with Gasteiger partial charge in [-0.15, -0.1) is 0 Å². The number of Topliss-reactive ketones (excluding diaryl/α,β-unsaturated/α-hetero) is 8. The zero-order valence-electron chi connectivity index (χ0n) is 37.7. The SMILES string of the molecule is CN(C)[C@H]1C(=O)C(C(N)=O)C(=O)[C@]2(O)C(=O)C3C(=O)c4c(O)ccc(C#CCCCCC#Cc5ccc(O)c6c5C[C@@H]5C[C@@H]7[C@@H](N(C)C)C(=O)C(C(N)=O)C(=O)[C@]7(O)C(=O)C5C6=O)c4C[C@@H]3C[C@H]12. The molecule has 0 aromatic heterocycles. The lowest BCUT2D eigenvalue weighted by Crippen LogP contribution is -2.74. The molecule has 0 heterocycles. The molecule has 2 amide bonds. The number of aliphatic hydroxyl groups is 2. The Morgan fingerprint density at radius 3 is 1.28 bits per heavy atom. The molecule has 6 aliphatic carbocycles. The highest BCUT2D eigenvalue weighted by Gasteiger charge is 2.71. The Bertz CT molecular complexity index is 2640. The quantitative estimate of drug-likeness (QED) is 0.110. The number of unbranched alkanes of at least 4 members (excludes halogenated alkanes) is 3. The van der Waals surface area contributed by atoms with Crippen molar-refractivity contribution in [2.24, 2.45) is 58.8 Å². The van der Waals surface area contributed by atoms with E-state index < -0.39 is 140 Å². The predicted molar refractivity (Wildman–Crippen MR) is 235 cm³/mol. The molecular formula is C50H50N4O14. The van der Waals surface area contributed by atoms with Gasteiger partial charge in [-0.2, -0.15) is 0 Å². The third-order valence-electron chi connectivity index (χ3n) is 15.2. The van der Waals surface area contributed by atoms with Crippen LogP contribution in [0.5, 0.6) is 11.5 Å². The molecule has 2 aromatic rings. The molecule has 68 heavy (non-hydrogen) atoms. The Morgan fingerprint density at radius 2 is 0.956 bits per heavy atom. The van der Waals surface area contributed by atoms with Gasteiger partial charge >= 0.3 is 0 Å². The summed E-state index contributed by atoms with van der Waals surface area (Å²) in [6, 6.07) is 3.21. The largest absolute Gasteiger partial charge is 0.507 e. The molecule has 8 N–H and O–H groups in total. The summed E-state index contributed by atoms with van der Waals surface area (Å²) in [4.78, 5) is 137. The number of nitrogens with zero attached hydrogens (tertiary/aromatic N) is 2. The van der Waals surface area contributed by atoms with E-state index in [1.807, 2.05) is 0 Å². The van der Waals surface area contributed by atoms with Crippen LogP contribution in [0.4, 0.5) is 0 Å². The lowest BCUT2D eigenvalue weighted by atomic mass is 9.52. The number of primary amides is 2. The fraction of sp³-hybridized carbons (Fsp3) is 0.480. The van der Waals surface area contributed by atoms with Crippen LogP contribution in [0.25, 0.3) is 0 Å². The number of aromatic hydroxyl groups is 2. The molecule has 4 saturated carbocycles. The Morgan fingerprint density at radius 1 is 0.603 bits per heavy atom. The van der Waals surface area contributed by atoms with Crippen LogP contribution >= 0.6 is 0 Å². The number of rotatable bonds is 7. The Kier molecular flexibility index (Phi) is 12.0. The van der Waals surface area contributed by atoms with Crippen LogP contribution < -0.4 is 11.5 Å². The van der Waals surface area contributed by atoms with Gasteiger partial charge in [-0.05, 0) is 114 Å². The summed E-state index contributed by atoms with van der Waals surface area (Å²) >= 11 is 0. The van der Waals surface area contributed by atoms with Crippen LogP contribution in [0, 0.1) is 71.0 Å². The van der Waals surface area contributed by atoms with Gasteiger partial charge < -0.3 is 31.9 Å². The van der Waals surface area contributed by atoms with Gasteiger partial charge in [0.2, 0.25) is 11.8 Å². The predicted octanol–water partition coefficient (Wildman–Crippen LogP) is -0.989. The van der Waals surface area contributed by atoms with Gasteiger partial charge in [0.05, 0.1) is 35.0 Å². The number of likely N-dealkylation sites (N-methyl/N-ethyl adjacent to an activating group) is 2. The highest BCUT2D eigenvalue weighted by atomic mass is 16.3. The van der Waals surface area contributed by atoms with Crippen molar-refractivity contribution in [2.75, 3.05) is 28.2 Å². The molecule has 0 spiro atoms. The monoisotopic (exact) mass is 930 g/mol. The summed E-state index contributed by atoms with van der Waals surface area (Å²) in [7, 11) is 6.04. The molecular weight excluding hydrogens is 881 g/mol. The van der Waals surface area contributed by atoms with Crippen LogP contribution in [0.2, 0.25) is 0 Å². The van der Waals surface area contributed by atoms with E-state index in [1.165, 1.54) is 50.1 Å². The number of phenols is 2. The number of carbonyl (C=O) groups excluding carboxylic acids is 10. The van der Waals surface area contributed by atoms with E-state index in [1.54, 1.807) is 12.1 Å². The zero-order chi connectivity index (χ0) is 49.6. The van der Waals surface area contributed by atoms with Crippen LogP contribution in [0.1, 0.15) is 81.5 Å². The molecule has 354 valence electrons. The highest BCUT2D eigenvalue weighted by Crippen LogP contribution is 2.53. The van der Waals surface area contributed by atoms with E-state index in [4.69, 9.17) is 11.5 Å². The number of benzene rings is 2. The van der Waals surface area contributed by atoms with Crippen molar-refractivity contribution in [3.63, 3.8) is 0 Å². The molecule has 0 bridgehead atoms. The minimum Gasteiger partial charge on any atom is -0.507 e. The summed E-state index contributed by atoms with van der Waals surface area (Å²) in [6.07, 6.45) is 1.92. The summed E-state index contributed by atoms with van der Waals surface area (Å²) in [6.45, 7) is 0. The number of phenolic OH excluding ortho intramolecular Hbond substituents is 2. The fourth-order valence-corrected chi connectivity index (χ4v) is 12.2. The maximum atomic E-state index is 14.1. The van der Waals surface area contributed by atoms with E-state index in [0.29, 0.717) is 47.9 Å². The van der Waals surface area contributed by atoms with E-state index in [0.717, 1.165) is 0 Å². The third kappa shape index (κ3) is 6.95. The van der Waals surface area contributed by atoms with Gasteiger partial charge in [0, 0.05) is 35.8 Å². The standard InChI is InChI=1S/C50H50N4O14/c1-53(2)37-27-19-23-17-25-21(13-15-29(55)33(25)39(57)31(23)43(61)49(27,67)45(63)35(41(37)59)47(51)65)11-9-7-5-6-8-10-12-22-14-16-30(56)34-26(22)18-24-20-28-38(54(3)4)42(60)36(48(52)66)46(64)50(28,68)44(62)32(24)40(34)58/h13-16,23-24,27-28,31-32,35-38,55-56,67-68H,5-8,17-20H2,1-4H3,(H2,51,65)(H2,52,66)/t23-,24-,27-,28-,31?,32?,35?,36?,37-,38-,49-,50-/m1/s1. The second-order valence-electron chi connectivity index (χ2n) is 19.4. The van der Waals surface area contributed by atoms with Gasteiger partial charge in [-0.25, -0.2) is 0 Å². The van der Waals surface area contributed by atoms with Gasteiger partial charge in [0.25, 0.3) is 0 Å². The molecule has 4 fully saturated rings. The topological polar surface area (TPSA) is 310 Å². The molecule has 0 radical (unpaired) electrons. The first-order chi connectivity index (χ1) is 32.0. The fourth-order valence-electron chi connectivity index (χ4n) is 12.2. The Balaban J connectivity index is 0.960. The lowest BCUT2D eigenvalue weighted by Gasteiger charge is -2.52. The maximum absolute atomic E-state index is 14.1. The second-order valence-corrected chi connectivity index (χ2v) is 19.4. The van der Waals surface area contributed by atoms with E-state index >= 15 is 0 Å². The van der Waals surface area contributed by atoms with Crippen molar-refractivity contribution >= 4 is 58.1 Å². The minimum atomic E-state index is -2.83.